The van der Waals surface area contributed by atoms with Gasteiger partial charge >= 0.3 is 0 Å². The van der Waals surface area contributed by atoms with Gasteiger partial charge in [0.25, 0.3) is 0 Å². The molecule has 1 aliphatic rings. The van der Waals surface area contributed by atoms with Crippen molar-refractivity contribution in [3.05, 3.63) is 29.6 Å². The summed E-state index contributed by atoms with van der Waals surface area (Å²) in [4.78, 5) is 16.0. The highest BCUT2D eigenvalue weighted by atomic mass is 19.1. The number of carbonyl (C=O) groups excluding carboxylic acids is 1. The first-order valence-electron chi connectivity index (χ1n) is 6.76. The highest BCUT2D eigenvalue weighted by Gasteiger charge is 2.41. The van der Waals surface area contributed by atoms with Crippen LogP contribution in [0.5, 0.6) is 0 Å². The lowest BCUT2D eigenvalue weighted by Crippen LogP contribution is -2.62. The second-order valence-corrected chi connectivity index (χ2v) is 5.82. The Kier molecular flexibility index (Phi) is 3.73. The molecule has 0 radical (unpaired) electrons. The topological polar surface area (TPSA) is 43.8 Å². The van der Waals surface area contributed by atoms with E-state index in [1.54, 1.807) is 24.9 Å². The monoisotopic (exact) mass is 280 g/mol. The second kappa shape index (κ2) is 5.05. The van der Waals surface area contributed by atoms with Crippen molar-refractivity contribution in [2.45, 2.75) is 32.4 Å². The Labute approximate surface area is 118 Å². The van der Waals surface area contributed by atoms with E-state index in [1.165, 1.54) is 12.1 Å². The van der Waals surface area contributed by atoms with E-state index in [-0.39, 0.29) is 11.7 Å². The molecule has 1 aliphatic heterocycles. The third kappa shape index (κ3) is 2.38. The van der Waals surface area contributed by atoms with Gasteiger partial charge in [0, 0.05) is 31.4 Å². The molecule has 1 atom stereocenters. The van der Waals surface area contributed by atoms with Gasteiger partial charge in [0.05, 0.1) is 6.10 Å². The first kappa shape index (κ1) is 14.8. The quantitative estimate of drug-likeness (QED) is 0.900. The van der Waals surface area contributed by atoms with E-state index in [4.69, 9.17) is 0 Å². The number of rotatable bonds is 2. The number of carbonyl (C=O) groups is 1. The maximum Gasteiger partial charge on any atom is 0.247 e. The Morgan fingerprint density at radius 3 is 2.60 bits per heavy atom. The fourth-order valence-corrected chi connectivity index (χ4v) is 2.74. The average Bonchev–Trinajstić information content (AvgIpc) is 2.37. The number of hydrogen-bond acceptors (Lipinski definition) is 3. The fourth-order valence-electron chi connectivity index (χ4n) is 2.74. The maximum absolute atomic E-state index is 13.4. The molecule has 0 aromatic heterocycles. The molecule has 1 amide bonds. The summed E-state index contributed by atoms with van der Waals surface area (Å²) in [6, 6.07) is 4.33. The van der Waals surface area contributed by atoms with Crippen molar-refractivity contribution in [1.82, 2.24) is 4.90 Å². The lowest BCUT2D eigenvalue weighted by molar-refractivity contribution is -0.136. The largest absolute Gasteiger partial charge is 0.389 e. The molecule has 0 aliphatic carbocycles. The van der Waals surface area contributed by atoms with E-state index < -0.39 is 11.6 Å². The van der Waals surface area contributed by atoms with Crippen molar-refractivity contribution in [3.63, 3.8) is 0 Å². The van der Waals surface area contributed by atoms with Crippen LogP contribution in [0.15, 0.2) is 18.2 Å². The van der Waals surface area contributed by atoms with Crippen LogP contribution in [0, 0.1) is 5.82 Å². The highest BCUT2D eigenvalue weighted by Crippen LogP contribution is 2.34. The smallest absolute Gasteiger partial charge is 0.247 e. The van der Waals surface area contributed by atoms with Crippen LogP contribution in [0.1, 0.15) is 32.4 Å². The first-order valence-corrected chi connectivity index (χ1v) is 6.76. The molecule has 0 spiro atoms. The van der Waals surface area contributed by atoms with E-state index in [0.29, 0.717) is 24.3 Å². The number of piperazine rings is 1. The highest BCUT2D eigenvalue weighted by molar-refractivity contribution is 5.90. The average molecular weight is 280 g/mol. The van der Waals surface area contributed by atoms with Crippen LogP contribution in [0.25, 0.3) is 0 Å². The Balaban J connectivity index is 2.48. The predicted octanol–water partition coefficient (Wildman–Crippen LogP) is 1.94. The number of benzene rings is 1. The summed E-state index contributed by atoms with van der Waals surface area (Å²) in [5.41, 5.74) is 0.511. The summed E-state index contributed by atoms with van der Waals surface area (Å²) in [6.07, 6.45) is -0.786. The van der Waals surface area contributed by atoms with Crippen LogP contribution in [0.2, 0.25) is 0 Å². The third-order valence-electron chi connectivity index (χ3n) is 3.93. The van der Waals surface area contributed by atoms with Crippen molar-refractivity contribution in [1.29, 1.82) is 0 Å². The lowest BCUT2D eigenvalue weighted by Gasteiger charge is -2.47. The van der Waals surface area contributed by atoms with Crippen molar-refractivity contribution in [2.75, 3.05) is 25.0 Å². The second-order valence-electron chi connectivity index (χ2n) is 5.82. The number of anilines is 1. The van der Waals surface area contributed by atoms with Crippen LogP contribution >= 0.6 is 0 Å². The summed E-state index contributed by atoms with van der Waals surface area (Å²) in [5, 5.41) is 9.86. The molecule has 4 nitrogen and oxygen atoms in total. The van der Waals surface area contributed by atoms with Crippen LogP contribution < -0.4 is 4.90 Å². The van der Waals surface area contributed by atoms with Crippen molar-refractivity contribution in [3.8, 4) is 0 Å². The molecule has 1 unspecified atom stereocenters. The van der Waals surface area contributed by atoms with E-state index >= 15 is 0 Å². The van der Waals surface area contributed by atoms with Crippen LogP contribution in [0.4, 0.5) is 10.1 Å². The summed E-state index contributed by atoms with van der Waals surface area (Å²) in [5.74, 6) is -0.368. The molecule has 0 bridgehead atoms. The van der Waals surface area contributed by atoms with E-state index in [1.807, 2.05) is 18.7 Å². The molecule has 1 aromatic carbocycles. The molecule has 110 valence electrons. The minimum absolute atomic E-state index is 0.0182. The molecule has 1 N–H and O–H groups in total. The Morgan fingerprint density at radius 2 is 2.00 bits per heavy atom. The number of amides is 1. The van der Waals surface area contributed by atoms with Gasteiger partial charge in [-0.2, -0.15) is 0 Å². The first-order chi connectivity index (χ1) is 9.25. The van der Waals surface area contributed by atoms with Crippen molar-refractivity contribution >= 4 is 11.6 Å². The molecular weight excluding hydrogens is 259 g/mol. The van der Waals surface area contributed by atoms with Crippen molar-refractivity contribution in [2.24, 2.45) is 0 Å². The molecule has 1 aromatic rings. The number of aliphatic hydroxyl groups is 1. The third-order valence-corrected chi connectivity index (χ3v) is 3.93. The number of likely N-dealkylation sites (N-methyl/N-ethyl adjacent to an activating group) is 1. The zero-order valence-electron chi connectivity index (χ0n) is 12.4. The predicted molar refractivity (Wildman–Crippen MR) is 76.1 cm³/mol. The van der Waals surface area contributed by atoms with Gasteiger partial charge in [-0.3, -0.25) is 4.79 Å². The lowest BCUT2D eigenvalue weighted by atomic mass is 9.94. The van der Waals surface area contributed by atoms with Gasteiger partial charge in [0.1, 0.15) is 11.4 Å². The number of nitrogens with zero attached hydrogens (tertiary/aromatic N) is 2. The van der Waals surface area contributed by atoms with Gasteiger partial charge < -0.3 is 14.9 Å². The molecule has 1 saturated heterocycles. The van der Waals surface area contributed by atoms with Gasteiger partial charge in [0.2, 0.25) is 5.91 Å². The molecule has 1 fully saturated rings. The zero-order chi connectivity index (χ0) is 15.1. The maximum atomic E-state index is 13.4. The summed E-state index contributed by atoms with van der Waals surface area (Å²) < 4.78 is 13.4. The normalized spacial score (nSPS) is 20.2. The molecular formula is C15H21FN2O2. The van der Waals surface area contributed by atoms with Crippen molar-refractivity contribution < 1.29 is 14.3 Å². The van der Waals surface area contributed by atoms with Gasteiger partial charge in [-0.1, -0.05) is 0 Å². The summed E-state index contributed by atoms with van der Waals surface area (Å²) >= 11 is 0. The minimum atomic E-state index is -0.786. The molecule has 5 heteroatoms. The molecule has 1 heterocycles. The van der Waals surface area contributed by atoms with Crippen LogP contribution in [-0.2, 0) is 4.79 Å². The molecule has 2 rings (SSSR count). The Morgan fingerprint density at radius 1 is 1.35 bits per heavy atom. The molecule has 20 heavy (non-hydrogen) atoms. The Hall–Kier alpha value is -1.62. The number of halogens is 1. The van der Waals surface area contributed by atoms with E-state index in [2.05, 4.69) is 0 Å². The van der Waals surface area contributed by atoms with Crippen LogP contribution in [-0.4, -0.2) is 41.6 Å². The number of aliphatic hydroxyl groups excluding tert-OH is 1. The SMILES string of the molecule is CC(O)c1cc(F)ccc1N1CCN(C)C(=O)C1(C)C. The number of hydrogen-bond donors (Lipinski definition) is 1. The van der Waals surface area contributed by atoms with Crippen LogP contribution in [0.3, 0.4) is 0 Å². The fraction of sp³-hybridized carbons (Fsp3) is 0.533. The molecule has 0 saturated carbocycles. The zero-order valence-corrected chi connectivity index (χ0v) is 12.4. The van der Waals surface area contributed by atoms with Gasteiger partial charge in [-0.15, -0.1) is 0 Å². The summed E-state index contributed by atoms with van der Waals surface area (Å²) in [7, 11) is 1.78. The van der Waals surface area contributed by atoms with Gasteiger partial charge in [-0.25, -0.2) is 4.39 Å². The minimum Gasteiger partial charge on any atom is -0.389 e. The summed E-state index contributed by atoms with van der Waals surface area (Å²) in [6.45, 7) is 6.56. The van der Waals surface area contributed by atoms with E-state index in [0.717, 1.165) is 0 Å². The Bertz CT molecular complexity index is 529. The van der Waals surface area contributed by atoms with E-state index in [9.17, 15) is 14.3 Å². The van der Waals surface area contributed by atoms with Gasteiger partial charge in [0.15, 0.2) is 0 Å². The van der Waals surface area contributed by atoms with Gasteiger partial charge in [-0.05, 0) is 39.0 Å². The standard InChI is InChI=1S/C15H21FN2O2/c1-10(19)12-9-11(16)5-6-13(12)18-8-7-17(4)14(20)15(18,2)3/h5-6,9-10,19H,7-8H2,1-4H3.